The molecular formula is C21H26N2O4. The van der Waals surface area contributed by atoms with Gasteiger partial charge in [-0.1, -0.05) is 38.6 Å². The fourth-order valence-corrected chi connectivity index (χ4v) is 2.57. The van der Waals surface area contributed by atoms with E-state index in [2.05, 4.69) is 11.9 Å². The highest BCUT2D eigenvalue weighted by Gasteiger charge is 2.28. The average molecular weight is 370 g/mol. The molecule has 0 saturated carbocycles. The van der Waals surface area contributed by atoms with Crippen LogP contribution in [0, 0.1) is 5.92 Å². The number of nitrogens with zero attached hydrogens (tertiary/aromatic N) is 1. The van der Waals surface area contributed by atoms with Crippen molar-refractivity contribution < 1.29 is 18.7 Å². The van der Waals surface area contributed by atoms with Crippen molar-refractivity contribution in [2.24, 2.45) is 5.92 Å². The van der Waals surface area contributed by atoms with Crippen LogP contribution < -0.4 is 10.1 Å². The Morgan fingerprint density at radius 2 is 1.96 bits per heavy atom. The van der Waals surface area contributed by atoms with Gasteiger partial charge in [-0.25, -0.2) is 0 Å². The molecule has 0 radical (unpaired) electrons. The number of carbonyl (C=O) groups excluding carboxylic acids is 2. The SMILES string of the molecule is C=CCOc1ccc(CN(C)C(=O)[C@@H](NC(=O)c2ccco2)C(C)C)cc1. The van der Waals surface area contributed by atoms with Gasteiger partial charge < -0.3 is 19.4 Å². The van der Waals surface area contributed by atoms with Crippen LogP contribution in [0.5, 0.6) is 5.75 Å². The molecule has 1 N–H and O–H groups in total. The van der Waals surface area contributed by atoms with Gasteiger partial charge >= 0.3 is 0 Å². The Hall–Kier alpha value is -3.02. The van der Waals surface area contributed by atoms with Crippen molar-refractivity contribution in [2.45, 2.75) is 26.4 Å². The lowest BCUT2D eigenvalue weighted by Crippen LogP contribution is -2.49. The quantitative estimate of drug-likeness (QED) is 0.688. The van der Waals surface area contributed by atoms with Crippen LogP contribution in [0.25, 0.3) is 0 Å². The molecule has 6 nitrogen and oxygen atoms in total. The molecule has 1 aromatic carbocycles. The number of amides is 2. The van der Waals surface area contributed by atoms with E-state index in [0.29, 0.717) is 13.2 Å². The van der Waals surface area contributed by atoms with Gasteiger partial charge in [0.2, 0.25) is 5.91 Å². The molecule has 0 bridgehead atoms. The number of benzene rings is 1. The Bertz CT molecular complexity index is 751. The Labute approximate surface area is 159 Å². The normalized spacial score (nSPS) is 11.7. The molecule has 144 valence electrons. The number of carbonyl (C=O) groups is 2. The Morgan fingerprint density at radius 1 is 1.26 bits per heavy atom. The summed E-state index contributed by atoms with van der Waals surface area (Å²) in [6.45, 7) is 8.28. The highest BCUT2D eigenvalue weighted by molar-refractivity contribution is 5.95. The van der Waals surface area contributed by atoms with Crippen molar-refractivity contribution in [2.75, 3.05) is 13.7 Å². The zero-order chi connectivity index (χ0) is 19.8. The first kappa shape index (κ1) is 20.3. The maximum absolute atomic E-state index is 12.8. The summed E-state index contributed by atoms with van der Waals surface area (Å²) in [5, 5.41) is 2.76. The predicted molar refractivity (Wildman–Crippen MR) is 103 cm³/mol. The zero-order valence-electron chi connectivity index (χ0n) is 16.0. The number of furan rings is 1. The van der Waals surface area contributed by atoms with E-state index >= 15 is 0 Å². The molecule has 0 aliphatic carbocycles. The van der Waals surface area contributed by atoms with E-state index in [1.807, 2.05) is 38.1 Å². The van der Waals surface area contributed by atoms with Crippen LogP contribution in [0.1, 0.15) is 30.0 Å². The zero-order valence-corrected chi connectivity index (χ0v) is 16.0. The van der Waals surface area contributed by atoms with Crippen molar-refractivity contribution in [1.82, 2.24) is 10.2 Å². The topological polar surface area (TPSA) is 71.8 Å². The molecule has 0 aliphatic rings. The lowest BCUT2D eigenvalue weighted by molar-refractivity contribution is -0.133. The lowest BCUT2D eigenvalue weighted by Gasteiger charge is -2.27. The second-order valence-corrected chi connectivity index (χ2v) is 6.61. The molecule has 0 unspecified atom stereocenters. The fraction of sp³-hybridized carbons (Fsp3) is 0.333. The average Bonchev–Trinajstić information content (AvgIpc) is 3.19. The number of hydrogen-bond donors (Lipinski definition) is 1. The third kappa shape index (κ3) is 5.74. The van der Waals surface area contributed by atoms with Gasteiger partial charge in [-0.15, -0.1) is 0 Å². The standard InChI is InChI=1S/C21H26N2O4/c1-5-12-26-17-10-8-16(9-11-17)14-23(4)21(25)19(15(2)3)22-20(24)18-7-6-13-27-18/h5-11,13,15,19H,1,12,14H2,2-4H3,(H,22,24)/t19-/m0/s1. The van der Waals surface area contributed by atoms with Crippen LogP contribution in [-0.2, 0) is 11.3 Å². The van der Waals surface area contributed by atoms with E-state index in [9.17, 15) is 9.59 Å². The maximum Gasteiger partial charge on any atom is 0.287 e. The molecule has 1 aromatic heterocycles. The summed E-state index contributed by atoms with van der Waals surface area (Å²) in [5.41, 5.74) is 0.969. The monoisotopic (exact) mass is 370 g/mol. The number of ether oxygens (including phenoxy) is 1. The summed E-state index contributed by atoms with van der Waals surface area (Å²) in [5.74, 6) is 0.319. The second kappa shape index (κ2) is 9.62. The van der Waals surface area contributed by atoms with Gasteiger partial charge in [0.1, 0.15) is 18.4 Å². The van der Waals surface area contributed by atoms with Gasteiger partial charge in [0, 0.05) is 13.6 Å². The molecule has 2 rings (SSSR count). The van der Waals surface area contributed by atoms with Gasteiger partial charge in [0.05, 0.1) is 6.26 Å². The Kier molecular flexibility index (Phi) is 7.23. The summed E-state index contributed by atoms with van der Waals surface area (Å²) >= 11 is 0. The summed E-state index contributed by atoms with van der Waals surface area (Å²) in [6, 6.07) is 10.1. The number of nitrogens with one attached hydrogen (secondary N) is 1. The van der Waals surface area contributed by atoms with Crippen molar-refractivity contribution in [1.29, 1.82) is 0 Å². The molecule has 1 heterocycles. The van der Waals surface area contributed by atoms with E-state index in [0.717, 1.165) is 11.3 Å². The maximum atomic E-state index is 12.8. The Morgan fingerprint density at radius 3 is 2.52 bits per heavy atom. The number of likely N-dealkylation sites (N-methyl/N-ethyl adjacent to an activating group) is 1. The first-order valence-electron chi connectivity index (χ1n) is 8.84. The van der Waals surface area contributed by atoms with Crippen LogP contribution in [0.2, 0.25) is 0 Å². The van der Waals surface area contributed by atoms with E-state index < -0.39 is 11.9 Å². The number of rotatable bonds is 9. The molecule has 6 heteroatoms. The molecule has 27 heavy (non-hydrogen) atoms. The molecule has 0 saturated heterocycles. The van der Waals surface area contributed by atoms with Gasteiger partial charge in [-0.3, -0.25) is 9.59 Å². The highest BCUT2D eigenvalue weighted by atomic mass is 16.5. The van der Waals surface area contributed by atoms with Crippen molar-refractivity contribution in [3.8, 4) is 5.75 Å². The highest BCUT2D eigenvalue weighted by Crippen LogP contribution is 2.15. The molecule has 2 amide bonds. The fourth-order valence-electron chi connectivity index (χ4n) is 2.57. The second-order valence-electron chi connectivity index (χ2n) is 6.61. The lowest BCUT2D eigenvalue weighted by atomic mass is 10.0. The van der Waals surface area contributed by atoms with E-state index in [1.54, 1.807) is 30.2 Å². The van der Waals surface area contributed by atoms with Crippen LogP contribution in [0.3, 0.4) is 0 Å². The summed E-state index contributed by atoms with van der Waals surface area (Å²) in [4.78, 5) is 26.7. The first-order valence-corrected chi connectivity index (χ1v) is 8.84. The van der Waals surface area contributed by atoms with E-state index in [4.69, 9.17) is 9.15 Å². The molecule has 1 atom stereocenters. The van der Waals surface area contributed by atoms with E-state index in [-0.39, 0.29) is 17.6 Å². The smallest absolute Gasteiger partial charge is 0.287 e. The van der Waals surface area contributed by atoms with Crippen LogP contribution in [0.4, 0.5) is 0 Å². The first-order chi connectivity index (χ1) is 12.9. The van der Waals surface area contributed by atoms with E-state index in [1.165, 1.54) is 6.26 Å². The summed E-state index contributed by atoms with van der Waals surface area (Å²) < 4.78 is 10.6. The molecular weight excluding hydrogens is 344 g/mol. The third-order valence-corrected chi connectivity index (χ3v) is 4.05. The predicted octanol–water partition coefficient (Wildman–Crippen LogP) is 3.26. The van der Waals surface area contributed by atoms with Gasteiger partial charge in [0.15, 0.2) is 5.76 Å². The van der Waals surface area contributed by atoms with Crippen LogP contribution >= 0.6 is 0 Å². The number of hydrogen-bond acceptors (Lipinski definition) is 4. The van der Waals surface area contributed by atoms with Crippen LogP contribution in [0.15, 0.2) is 59.7 Å². The largest absolute Gasteiger partial charge is 0.490 e. The molecule has 2 aromatic rings. The molecule has 0 aliphatic heterocycles. The minimum atomic E-state index is -0.636. The summed E-state index contributed by atoms with van der Waals surface area (Å²) in [7, 11) is 1.72. The third-order valence-electron chi connectivity index (χ3n) is 4.05. The van der Waals surface area contributed by atoms with Gasteiger partial charge in [-0.2, -0.15) is 0 Å². The van der Waals surface area contributed by atoms with Crippen molar-refractivity contribution in [3.63, 3.8) is 0 Å². The van der Waals surface area contributed by atoms with Crippen LogP contribution in [-0.4, -0.2) is 36.4 Å². The van der Waals surface area contributed by atoms with Gasteiger partial charge in [0.25, 0.3) is 5.91 Å². The summed E-state index contributed by atoms with van der Waals surface area (Å²) in [6.07, 6.45) is 3.11. The van der Waals surface area contributed by atoms with Crippen molar-refractivity contribution >= 4 is 11.8 Å². The van der Waals surface area contributed by atoms with Gasteiger partial charge in [-0.05, 0) is 35.7 Å². The Balaban J connectivity index is 1.99. The molecule has 0 fully saturated rings. The minimum Gasteiger partial charge on any atom is -0.490 e. The van der Waals surface area contributed by atoms with Crippen molar-refractivity contribution in [3.05, 3.63) is 66.6 Å². The minimum absolute atomic E-state index is 0.0615. The molecule has 0 spiro atoms.